The van der Waals surface area contributed by atoms with Crippen LogP contribution in [0.4, 0.5) is 0 Å². The standard InChI is InChI=1S/3C16H32O2.Ru/c3*1-2-3-4-5-6-7-8-9-10-11-12-13-14-15-16(17)18;/h3*2-15H2,1H3,(H,17,18);/q;;;+3/p-3. The first-order valence-corrected chi connectivity index (χ1v) is 23.9. The number of carboxylic acids is 3. The molecule has 0 saturated heterocycles. The van der Waals surface area contributed by atoms with E-state index in [0.717, 1.165) is 38.5 Å². The van der Waals surface area contributed by atoms with Crippen molar-refractivity contribution >= 4 is 17.9 Å². The molecule has 0 aromatic carbocycles. The van der Waals surface area contributed by atoms with E-state index >= 15 is 0 Å². The number of hydrogen-bond acceptors (Lipinski definition) is 6. The molecule has 55 heavy (non-hydrogen) atoms. The van der Waals surface area contributed by atoms with Gasteiger partial charge in [-0.1, -0.05) is 252 Å². The van der Waals surface area contributed by atoms with E-state index < -0.39 is 17.9 Å². The molecule has 0 aliphatic heterocycles. The largest absolute Gasteiger partial charge is 3.00 e. The predicted octanol–water partition coefficient (Wildman–Crippen LogP) is 12.7. The molecule has 0 spiro atoms. The van der Waals surface area contributed by atoms with Crippen molar-refractivity contribution in [3.8, 4) is 0 Å². The number of carboxylic acid groups (broad SMARTS) is 3. The van der Waals surface area contributed by atoms with E-state index in [0.29, 0.717) is 0 Å². The normalized spacial score (nSPS) is 10.5. The molecule has 0 atom stereocenters. The molecule has 0 aliphatic rings. The minimum absolute atomic E-state index is 0. The Hall–Kier alpha value is -0.967. The van der Waals surface area contributed by atoms with E-state index in [-0.39, 0.29) is 38.7 Å². The zero-order valence-corrected chi connectivity index (χ0v) is 38.7. The molecule has 6 nitrogen and oxygen atoms in total. The Bertz CT molecular complexity index is 636. The summed E-state index contributed by atoms with van der Waals surface area (Å²) in [5.41, 5.74) is 0. The molecule has 0 unspecified atom stereocenters. The first-order valence-electron chi connectivity index (χ1n) is 23.9. The summed E-state index contributed by atoms with van der Waals surface area (Å²) in [5, 5.41) is 30.6. The van der Waals surface area contributed by atoms with Gasteiger partial charge in [0.05, 0.1) is 0 Å². The fourth-order valence-electron chi connectivity index (χ4n) is 6.86. The maximum Gasteiger partial charge on any atom is 3.00 e. The van der Waals surface area contributed by atoms with E-state index in [2.05, 4.69) is 20.8 Å². The quantitative estimate of drug-likeness (QED) is 0.0445. The van der Waals surface area contributed by atoms with Crippen LogP contribution in [0.15, 0.2) is 0 Å². The van der Waals surface area contributed by atoms with Gasteiger partial charge in [0, 0.05) is 17.9 Å². The molecule has 1 radical (unpaired) electrons. The summed E-state index contributed by atoms with van der Waals surface area (Å²) < 4.78 is 0. The molecule has 0 saturated carbocycles. The van der Waals surface area contributed by atoms with Gasteiger partial charge in [-0.15, -0.1) is 0 Å². The number of unbranched alkanes of at least 4 members (excludes halogenated alkanes) is 36. The van der Waals surface area contributed by atoms with Crippen LogP contribution in [-0.4, -0.2) is 17.9 Å². The fraction of sp³-hybridized carbons (Fsp3) is 0.938. The summed E-state index contributed by atoms with van der Waals surface area (Å²) >= 11 is 0. The topological polar surface area (TPSA) is 120 Å². The molecule has 0 fully saturated rings. The van der Waals surface area contributed by atoms with Gasteiger partial charge in [0.1, 0.15) is 0 Å². The minimum atomic E-state index is -0.905. The molecule has 0 bridgehead atoms. The van der Waals surface area contributed by atoms with Crippen LogP contribution in [0.5, 0.6) is 0 Å². The van der Waals surface area contributed by atoms with Crippen LogP contribution in [0.2, 0.25) is 0 Å². The summed E-state index contributed by atoms with van der Waals surface area (Å²) in [6.45, 7) is 6.77. The first-order chi connectivity index (χ1) is 26.3. The van der Waals surface area contributed by atoms with E-state index in [9.17, 15) is 29.7 Å². The van der Waals surface area contributed by atoms with Crippen LogP contribution in [0.1, 0.15) is 290 Å². The number of carbonyl (C=O) groups excluding carboxylic acids is 3. The van der Waals surface area contributed by atoms with Crippen LogP contribution < -0.4 is 15.3 Å². The average Bonchev–Trinajstić information content (AvgIpc) is 3.14. The third kappa shape index (κ3) is 71.2. The monoisotopic (exact) mass is 868 g/mol. The van der Waals surface area contributed by atoms with Crippen LogP contribution in [0.3, 0.4) is 0 Å². The Morgan fingerprint density at radius 3 is 0.455 bits per heavy atom. The molecule has 0 rings (SSSR count). The van der Waals surface area contributed by atoms with Crippen molar-refractivity contribution in [3.63, 3.8) is 0 Å². The molecular weight excluding hydrogens is 774 g/mol. The SMILES string of the molecule is CCCCCCCCCCCCCCCC(=O)[O-].CCCCCCCCCCCCCCCC(=O)[O-].CCCCCCCCCCCCCCCC(=O)[O-].[Ru+3]. The van der Waals surface area contributed by atoms with Gasteiger partial charge in [-0.05, 0) is 38.5 Å². The van der Waals surface area contributed by atoms with Gasteiger partial charge < -0.3 is 29.7 Å². The van der Waals surface area contributed by atoms with E-state index in [4.69, 9.17) is 0 Å². The zero-order chi connectivity index (χ0) is 40.4. The van der Waals surface area contributed by atoms with Crippen molar-refractivity contribution in [3.05, 3.63) is 0 Å². The van der Waals surface area contributed by atoms with Gasteiger partial charge in [0.25, 0.3) is 0 Å². The summed E-state index contributed by atoms with van der Waals surface area (Å²) in [6, 6.07) is 0. The number of carbonyl (C=O) groups is 3. The molecule has 329 valence electrons. The van der Waals surface area contributed by atoms with Crippen molar-refractivity contribution in [1.29, 1.82) is 0 Å². The molecule has 0 aliphatic carbocycles. The van der Waals surface area contributed by atoms with Crippen molar-refractivity contribution in [2.45, 2.75) is 290 Å². The van der Waals surface area contributed by atoms with Gasteiger partial charge in [0.2, 0.25) is 0 Å². The third-order valence-corrected chi connectivity index (χ3v) is 10.5. The van der Waals surface area contributed by atoms with Crippen molar-refractivity contribution in [2.75, 3.05) is 0 Å². The van der Waals surface area contributed by atoms with E-state index in [1.807, 2.05) is 0 Å². The molecular formula is C48H93O6Ru. The van der Waals surface area contributed by atoms with Crippen molar-refractivity contribution < 1.29 is 49.2 Å². The van der Waals surface area contributed by atoms with Crippen LogP contribution in [0, 0.1) is 0 Å². The van der Waals surface area contributed by atoms with Crippen molar-refractivity contribution in [1.82, 2.24) is 0 Å². The maximum atomic E-state index is 10.2. The second-order valence-corrected chi connectivity index (χ2v) is 16.1. The van der Waals surface area contributed by atoms with E-state index in [1.165, 1.54) is 212 Å². The predicted molar refractivity (Wildman–Crippen MR) is 226 cm³/mol. The van der Waals surface area contributed by atoms with E-state index in [1.54, 1.807) is 0 Å². The van der Waals surface area contributed by atoms with Crippen LogP contribution in [0.25, 0.3) is 0 Å². The Kier molecular flexibility index (Phi) is 63.3. The first kappa shape index (κ1) is 60.7. The smallest absolute Gasteiger partial charge is 0.550 e. The Labute approximate surface area is 356 Å². The molecule has 0 aromatic heterocycles. The Balaban J connectivity index is -0.000000351. The van der Waals surface area contributed by atoms with Gasteiger partial charge in [-0.2, -0.15) is 0 Å². The average molecular weight is 867 g/mol. The Morgan fingerprint density at radius 1 is 0.236 bits per heavy atom. The number of hydrogen-bond donors (Lipinski definition) is 0. The fourth-order valence-corrected chi connectivity index (χ4v) is 6.86. The third-order valence-electron chi connectivity index (χ3n) is 10.5. The number of aliphatic carboxylic acids is 3. The maximum absolute atomic E-state index is 10.2. The summed E-state index contributed by atoms with van der Waals surface area (Å²) in [7, 11) is 0. The summed E-state index contributed by atoms with van der Waals surface area (Å²) in [6.07, 6.45) is 50.8. The zero-order valence-electron chi connectivity index (χ0n) is 37.0. The second-order valence-electron chi connectivity index (χ2n) is 16.1. The molecule has 7 heteroatoms. The number of rotatable bonds is 42. The van der Waals surface area contributed by atoms with Gasteiger partial charge >= 0.3 is 19.5 Å². The molecule has 0 N–H and O–H groups in total. The molecule has 0 heterocycles. The van der Waals surface area contributed by atoms with Crippen molar-refractivity contribution in [2.24, 2.45) is 0 Å². The molecule has 0 amide bonds. The molecule has 0 aromatic rings. The summed E-state index contributed by atoms with van der Waals surface area (Å²) in [4.78, 5) is 30.6. The van der Waals surface area contributed by atoms with Crippen LogP contribution in [-0.2, 0) is 33.9 Å². The Morgan fingerprint density at radius 2 is 0.345 bits per heavy atom. The van der Waals surface area contributed by atoms with Gasteiger partial charge in [0.15, 0.2) is 0 Å². The summed E-state index contributed by atoms with van der Waals surface area (Å²) in [5.74, 6) is -2.71. The van der Waals surface area contributed by atoms with Gasteiger partial charge in [-0.3, -0.25) is 0 Å². The second kappa shape index (κ2) is 57.4. The van der Waals surface area contributed by atoms with Gasteiger partial charge in [-0.25, -0.2) is 0 Å². The minimum Gasteiger partial charge on any atom is -0.550 e. The van der Waals surface area contributed by atoms with Crippen LogP contribution >= 0.6 is 0 Å².